The second-order valence-corrected chi connectivity index (χ2v) is 7.84. The quantitative estimate of drug-likeness (QED) is 0.322. The number of carbonyl (C=O) groups excluding carboxylic acids is 1. The van der Waals surface area contributed by atoms with Crippen LogP contribution in [0.15, 0.2) is 18.2 Å². The number of ether oxygens (including phenoxy) is 1. The molecule has 0 saturated heterocycles. The number of hydrogen-bond donors (Lipinski definition) is 2. The van der Waals surface area contributed by atoms with E-state index in [4.69, 9.17) is 15.6 Å². The molecule has 28 heavy (non-hydrogen) atoms. The number of aryl methyl sites for hydroxylation is 2. The lowest BCUT2D eigenvalue weighted by Crippen LogP contribution is -2.37. The summed E-state index contributed by atoms with van der Waals surface area (Å²) in [5.74, 6) is -1.20. The number of nitrogens with two attached hydrogens (primary N) is 1. The standard InChI is InChI=1S/C11H23NO6S.C8H11N/c1-3-5-7-12(10-17-8-6-4-2)19(15,16)18-11(14)9-13;1-6-4-3-5-7(2)8(6)9/h13H,3-10H2,1-2H3;3-5H,9H2,1-2H3. The molecule has 0 aliphatic rings. The van der Waals surface area contributed by atoms with Crippen molar-refractivity contribution < 1.29 is 27.2 Å². The summed E-state index contributed by atoms with van der Waals surface area (Å²) in [5.41, 5.74) is 8.92. The van der Waals surface area contributed by atoms with Gasteiger partial charge in [0.05, 0.1) is 0 Å². The molecular weight excluding hydrogens is 384 g/mol. The Morgan fingerprint density at radius 1 is 1.14 bits per heavy atom. The lowest BCUT2D eigenvalue weighted by molar-refractivity contribution is -0.137. The van der Waals surface area contributed by atoms with Crippen LogP contribution >= 0.6 is 0 Å². The molecule has 0 amide bonds. The van der Waals surface area contributed by atoms with Gasteiger partial charge in [-0.1, -0.05) is 44.9 Å². The number of nitrogens with zero attached hydrogens (tertiary/aromatic N) is 1. The van der Waals surface area contributed by atoms with E-state index in [0.717, 1.165) is 40.4 Å². The van der Waals surface area contributed by atoms with Crippen molar-refractivity contribution in [1.82, 2.24) is 4.31 Å². The minimum atomic E-state index is -4.19. The Hall–Kier alpha value is -1.68. The van der Waals surface area contributed by atoms with Gasteiger partial charge >= 0.3 is 16.3 Å². The largest absolute Gasteiger partial charge is 0.398 e. The fourth-order valence-corrected chi connectivity index (χ4v) is 2.96. The molecular formula is C19H34N2O6S. The van der Waals surface area contributed by atoms with Crippen molar-refractivity contribution in [3.63, 3.8) is 0 Å². The maximum absolute atomic E-state index is 11.8. The average molecular weight is 419 g/mol. The van der Waals surface area contributed by atoms with Crippen LogP contribution in [0.25, 0.3) is 0 Å². The summed E-state index contributed by atoms with van der Waals surface area (Å²) >= 11 is 0. The first kappa shape index (κ1) is 26.3. The Balaban J connectivity index is 0.000000668. The van der Waals surface area contributed by atoms with E-state index in [9.17, 15) is 13.2 Å². The normalized spacial score (nSPS) is 11.1. The van der Waals surface area contributed by atoms with Crippen LogP contribution in [-0.4, -0.2) is 50.3 Å². The predicted octanol–water partition coefficient (Wildman–Crippen LogP) is 2.53. The Morgan fingerprint density at radius 2 is 1.71 bits per heavy atom. The van der Waals surface area contributed by atoms with E-state index >= 15 is 0 Å². The summed E-state index contributed by atoms with van der Waals surface area (Å²) in [7, 11) is -4.19. The monoisotopic (exact) mass is 418 g/mol. The van der Waals surface area contributed by atoms with Gasteiger partial charge in [0.1, 0.15) is 13.3 Å². The number of aliphatic hydroxyl groups excluding tert-OH is 1. The minimum absolute atomic E-state index is 0.152. The molecule has 0 fully saturated rings. The van der Waals surface area contributed by atoms with Gasteiger partial charge in [-0.2, -0.15) is 8.42 Å². The summed E-state index contributed by atoms with van der Waals surface area (Å²) < 4.78 is 33.9. The number of carbonyl (C=O) groups is 1. The molecule has 0 spiro atoms. The summed E-state index contributed by atoms with van der Waals surface area (Å²) in [6.45, 7) is 7.48. The first-order valence-corrected chi connectivity index (χ1v) is 10.8. The van der Waals surface area contributed by atoms with Crippen molar-refractivity contribution in [2.75, 3.05) is 32.2 Å². The van der Waals surface area contributed by atoms with Crippen molar-refractivity contribution >= 4 is 22.0 Å². The highest BCUT2D eigenvalue weighted by Crippen LogP contribution is 2.13. The second-order valence-electron chi connectivity index (χ2n) is 6.30. The highest BCUT2D eigenvalue weighted by atomic mass is 32.2. The maximum Gasteiger partial charge on any atom is 0.389 e. The zero-order chi connectivity index (χ0) is 21.6. The molecule has 0 aliphatic heterocycles. The van der Waals surface area contributed by atoms with E-state index in [1.165, 1.54) is 0 Å². The molecule has 0 unspecified atom stereocenters. The van der Waals surface area contributed by atoms with Crippen LogP contribution in [0.2, 0.25) is 0 Å². The molecule has 0 radical (unpaired) electrons. The summed E-state index contributed by atoms with van der Waals surface area (Å²) in [4.78, 5) is 10.9. The number of unbranched alkanes of at least 4 members (excludes halogenated alkanes) is 2. The average Bonchev–Trinajstić information content (AvgIpc) is 2.65. The number of nitrogen functional groups attached to an aromatic ring is 1. The van der Waals surface area contributed by atoms with E-state index in [1.807, 2.05) is 45.9 Å². The van der Waals surface area contributed by atoms with Crippen LogP contribution in [-0.2, 0) is 24.0 Å². The molecule has 3 N–H and O–H groups in total. The van der Waals surface area contributed by atoms with Crippen LogP contribution in [0.3, 0.4) is 0 Å². The fraction of sp³-hybridized carbons (Fsp3) is 0.632. The van der Waals surface area contributed by atoms with Gasteiger partial charge in [0.25, 0.3) is 0 Å². The van der Waals surface area contributed by atoms with Crippen molar-refractivity contribution in [2.45, 2.75) is 53.4 Å². The predicted molar refractivity (Wildman–Crippen MR) is 110 cm³/mol. The SMILES string of the molecule is CCCCOCN(CCCC)S(=O)(=O)OC(=O)CO.Cc1cccc(C)c1N. The van der Waals surface area contributed by atoms with Crippen LogP contribution in [0.4, 0.5) is 5.69 Å². The number of hydrogen-bond acceptors (Lipinski definition) is 7. The number of benzene rings is 1. The number of aliphatic hydroxyl groups is 1. The zero-order valence-electron chi connectivity index (χ0n) is 17.3. The van der Waals surface area contributed by atoms with Gasteiger partial charge in [-0.05, 0) is 37.8 Å². The van der Waals surface area contributed by atoms with Gasteiger partial charge in [-0.3, -0.25) is 0 Å². The Labute approximate surface area is 168 Å². The molecule has 0 bridgehead atoms. The number of para-hydroxylation sites is 1. The third-order valence-electron chi connectivity index (χ3n) is 3.82. The van der Waals surface area contributed by atoms with E-state index in [1.54, 1.807) is 0 Å². The maximum atomic E-state index is 11.8. The van der Waals surface area contributed by atoms with E-state index in [0.29, 0.717) is 13.0 Å². The van der Waals surface area contributed by atoms with Gasteiger partial charge in [0.2, 0.25) is 0 Å². The molecule has 162 valence electrons. The van der Waals surface area contributed by atoms with Crippen molar-refractivity contribution in [1.29, 1.82) is 0 Å². The lowest BCUT2D eigenvalue weighted by atomic mass is 10.1. The zero-order valence-corrected chi connectivity index (χ0v) is 18.1. The van der Waals surface area contributed by atoms with E-state index in [2.05, 4.69) is 4.18 Å². The minimum Gasteiger partial charge on any atom is -0.398 e. The first-order chi connectivity index (χ1) is 13.2. The highest BCUT2D eigenvalue weighted by Gasteiger charge is 2.26. The van der Waals surface area contributed by atoms with Crippen LogP contribution in [0.5, 0.6) is 0 Å². The fourth-order valence-electron chi connectivity index (χ4n) is 2.01. The highest BCUT2D eigenvalue weighted by molar-refractivity contribution is 7.84. The van der Waals surface area contributed by atoms with Crippen molar-refractivity contribution in [3.8, 4) is 0 Å². The molecule has 0 atom stereocenters. The molecule has 1 aromatic rings. The number of anilines is 1. The van der Waals surface area contributed by atoms with Gasteiger partial charge in [-0.25, -0.2) is 4.79 Å². The molecule has 1 aromatic carbocycles. The molecule has 8 nitrogen and oxygen atoms in total. The van der Waals surface area contributed by atoms with Crippen LogP contribution < -0.4 is 5.73 Å². The van der Waals surface area contributed by atoms with Gasteiger partial charge < -0.3 is 19.8 Å². The Bertz CT molecular complexity index is 659. The third-order valence-corrected chi connectivity index (χ3v) is 5.14. The Kier molecular flexibility index (Phi) is 13.5. The molecule has 0 aliphatic carbocycles. The molecule has 0 aromatic heterocycles. The smallest absolute Gasteiger partial charge is 0.389 e. The van der Waals surface area contributed by atoms with Crippen LogP contribution in [0, 0.1) is 13.8 Å². The van der Waals surface area contributed by atoms with Crippen LogP contribution in [0.1, 0.15) is 50.7 Å². The molecule has 0 saturated carbocycles. The molecule has 9 heteroatoms. The van der Waals surface area contributed by atoms with E-state index < -0.39 is 22.9 Å². The third kappa shape index (κ3) is 10.6. The molecule has 1 rings (SSSR count). The van der Waals surface area contributed by atoms with Gasteiger partial charge in [0, 0.05) is 18.8 Å². The van der Waals surface area contributed by atoms with Gasteiger partial charge in [0.15, 0.2) is 0 Å². The number of rotatable bonds is 11. The van der Waals surface area contributed by atoms with Crippen molar-refractivity contribution in [3.05, 3.63) is 29.3 Å². The Morgan fingerprint density at radius 3 is 2.18 bits per heavy atom. The van der Waals surface area contributed by atoms with Crippen molar-refractivity contribution in [2.24, 2.45) is 0 Å². The second kappa shape index (κ2) is 14.3. The molecule has 0 heterocycles. The summed E-state index contributed by atoms with van der Waals surface area (Å²) in [6, 6.07) is 6.05. The lowest BCUT2D eigenvalue weighted by Gasteiger charge is -2.20. The summed E-state index contributed by atoms with van der Waals surface area (Å²) in [5, 5.41) is 8.51. The first-order valence-electron chi connectivity index (χ1n) is 9.42. The summed E-state index contributed by atoms with van der Waals surface area (Å²) in [6.07, 6.45) is 3.21. The topological polar surface area (TPSA) is 119 Å². The van der Waals surface area contributed by atoms with E-state index in [-0.39, 0.29) is 13.3 Å². The van der Waals surface area contributed by atoms with Gasteiger partial charge in [-0.15, -0.1) is 4.31 Å².